The maximum Gasteiger partial charge on any atom is 0.261 e. The third kappa shape index (κ3) is 3.52. The topological polar surface area (TPSA) is 80.0 Å². The first kappa shape index (κ1) is 15.9. The lowest BCUT2D eigenvalue weighted by atomic mass is 10.2. The van der Waals surface area contributed by atoms with Crippen molar-refractivity contribution in [3.63, 3.8) is 0 Å². The molecular formula is C16H18N4OS2. The second-order valence-electron chi connectivity index (χ2n) is 5.35. The minimum Gasteiger partial charge on any atom is -0.348 e. The molecule has 23 heavy (non-hydrogen) atoms. The first-order valence-electron chi connectivity index (χ1n) is 7.31. The standard InChI is InChI=1S/C16H18N4OS2/c1-9-5-3-4-6-11(9)19-16-20-15-13(23-16)7-12(22-15)14(21)18-10(2)8-17/h3-7,10H,8,17H2,1-2H3,(H,18,21)(H,19,20)/t10-/m0/s1. The SMILES string of the molecule is Cc1ccccc1Nc1nc2sc(C(=O)N[C@@H](C)CN)cc2s1. The number of thiophene rings is 1. The van der Waals surface area contributed by atoms with Crippen LogP contribution in [0.2, 0.25) is 0 Å². The van der Waals surface area contributed by atoms with E-state index < -0.39 is 0 Å². The Balaban J connectivity index is 1.78. The number of thiazole rings is 1. The molecule has 4 N–H and O–H groups in total. The largest absolute Gasteiger partial charge is 0.348 e. The van der Waals surface area contributed by atoms with Gasteiger partial charge in [-0.1, -0.05) is 29.5 Å². The number of carbonyl (C=O) groups is 1. The molecule has 0 radical (unpaired) electrons. The number of hydrogen-bond acceptors (Lipinski definition) is 6. The normalized spacial score (nSPS) is 12.3. The van der Waals surface area contributed by atoms with E-state index in [-0.39, 0.29) is 11.9 Å². The summed E-state index contributed by atoms with van der Waals surface area (Å²) in [6.07, 6.45) is 0. The predicted octanol–water partition coefficient (Wildman–Crippen LogP) is 3.49. The Kier molecular flexibility index (Phi) is 4.61. The van der Waals surface area contributed by atoms with E-state index in [2.05, 4.69) is 28.6 Å². The van der Waals surface area contributed by atoms with Crippen molar-refractivity contribution in [1.82, 2.24) is 10.3 Å². The highest BCUT2D eigenvalue weighted by molar-refractivity contribution is 7.29. The summed E-state index contributed by atoms with van der Waals surface area (Å²) >= 11 is 2.95. The van der Waals surface area contributed by atoms with Crippen LogP contribution in [0.25, 0.3) is 9.53 Å². The molecule has 5 nitrogen and oxygen atoms in total. The van der Waals surface area contributed by atoms with Crippen LogP contribution in [0.1, 0.15) is 22.2 Å². The Morgan fingerprint density at radius 2 is 2.13 bits per heavy atom. The van der Waals surface area contributed by atoms with Crippen molar-refractivity contribution in [2.24, 2.45) is 5.73 Å². The first-order chi connectivity index (χ1) is 11.1. The fourth-order valence-electron chi connectivity index (χ4n) is 2.08. The molecule has 1 aromatic carbocycles. The van der Waals surface area contributed by atoms with Gasteiger partial charge in [-0.2, -0.15) is 0 Å². The fraction of sp³-hybridized carbons (Fsp3) is 0.250. The van der Waals surface area contributed by atoms with Crippen LogP contribution in [0.3, 0.4) is 0 Å². The second kappa shape index (κ2) is 6.66. The summed E-state index contributed by atoms with van der Waals surface area (Å²) in [6.45, 7) is 4.36. The van der Waals surface area contributed by atoms with Crippen molar-refractivity contribution in [2.45, 2.75) is 19.9 Å². The number of carbonyl (C=O) groups excluding carboxylic acids is 1. The molecule has 0 saturated heterocycles. The number of aryl methyl sites for hydroxylation is 1. The lowest BCUT2D eigenvalue weighted by molar-refractivity contribution is 0.0945. The van der Waals surface area contributed by atoms with Gasteiger partial charge in [0.25, 0.3) is 5.91 Å². The molecule has 0 fully saturated rings. The van der Waals surface area contributed by atoms with Gasteiger partial charge in [-0.15, -0.1) is 11.3 Å². The van der Waals surface area contributed by atoms with Crippen molar-refractivity contribution in [2.75, 3.05) is 11.9 Å². The summed E-state index contributed by atoms with van der Waals surface area (Å²) < 4.78 is 1.01. The van der Waals surface area contributed by atoms with Gasteiger partial charge in [0.2, 0.25) is 0 Å². The number of hydrogen-bond donors (Lipinski definition) is 3. The van der Waals surface area contributed by atoms with Crippen LogP contribution in [-0.4, -0.2) is 23.5 Å². The molecule has 3 rings (SSSR count). The van der Waals surface area contributed by atoms with Gasteiger partial charge in [0.1, 0.15) is 4.83 Å². The summed E-state index contributed by atoms with van der Waals surface area (Å²) in [4.78, 5) is 18.2. The molecule has 3 aromatic rings. The van der Waals surface area contributed by atoms with E-state index in [9.17, 15) is 4.79 Å². The van der Waals surface area contributed by atoms with Crippen LogP contribution < -0.4 is 16.4 Å². The van der Waals surface area contributed by atoms with Crippen LogP contribution in [0.15, 0.2) is 30.3 Å². The van der Waals surface area contributed by atoms with Crippen molar-refractivity contribution in [1.29, 1.82) is 0 Å². The minimum atomic E-state index is -0.0911. The summed E-state index contributed by atoms with van der Waals surface area (Å²) in [6, 6.07) is 9.94. The Hall–Kier alpha value is -1.96. The van der Waals surface area contributed by atoms with E-state index in [1.165, 1.54) is 16.9 Å². The highest BCUT2D eigenvalue weighted by atomic mass is 32.1. The number of benzene rings is 1. The van der Waals surface area contributed by atoms with E-state index in [0.717, 1.165) is 20.3 Å². The average molecular weight is 346 g/mol. The fourth-order valence-corrected chi connectivity index (χ4v) is 4.11. The Labute approximate surface area is 142 Å². The Bertz CT molecular complexity index is 808. The van der Waals surface area contributed by atoms with E-state index in [4.69, 9.17) is 5.73 Å². The summed E-state index contributed by atoms with van der Waals surface area (Å²) in [5.74, 6) is -0.0911. The van der Waals surface area contributed by atoms with Gasteiger partial charge in [-0.3, -0.25) is 4.79 Å². The highest BCUT2D eigenvalue weighted by Crippen LogP contribution is 2.34. The zero-order valence-electron chi connectivity index (χ0n) is 12.9. The van der Waals surface area contributed by atoms with Crippen molar-refractivity contribution in [3.8, 4) is 0 Å². The highest BCUT2D eigenvalue weighted by Gasteiger charge is 2.15. The van der Waals surface area contributed by atoms with Gasteiger partial charge in [-0.05, 0) is 31.5 Å². The first-order valence-corrected chi connectivity index (χ1v) is 8.94. The summed E-state index contributed by atoms with van der Waals surface area (Å²) in [5, 5.41) is 7.04. The molecule has 0 aliphatic rings. The van der Waals surface area contributed by atoms with Crippen LogP contribution in [0.5, 0.6) is 0 Å². The maximum atomic E-state index is 12.1. The van der Waals surface area contributed by atoms with E-state index in [1.54, 1.807) is 11.3 Å². The van der Waals surface area contributed by atoms with Crippen LogP contribution in [-0.2, 0) is 0 Å². The Morgan fingerprint density at radius 1 is 1.35 bits per heavy atom. The van der Waals surface area contributed by atoms with Gasteiger partial charge in [0, 0.05) is 18.3 Å². The van der Waals surface area contributed by atoms with Gasteiger partial charge >= 0.3 is 0 Å². The van der Waals surface area contributed by atoms with Gasteiger partial charge < -0.3 is 16.4 Å². The van der Waals surface area contributed by atoms with Crippen molar-refractivity contribution in [3.05, 3.63) is 40.8 Å². The molecule has 2 aromatic heterocycles. The zero-order chi connectivity index (χ0) is 16.4. The Morgan fingerprint density at radius 3 is 2.83 bits per heavy atom. The summed E-state index contributed by atoms with van der Waals surface area (Å²) in [7, 11) is 0. The van der Waals surface area contributed by atoms with E-state index >= 15 is 0 Å². The molecule has 0 spiro atoms. The molecular weight excluding hydrogens is 328 g/mol. The molecule has 0 bridgehead atoms. The van der Waals surface area contributed by atoms with Crippen LogP contribution in [0, 0.1) is 6.92 Å². The smallest absolute Gasteiger partial charge is 0.261 e. The minimum absolute atomic E-state index is 0.0334. The molecule has 1 amide bonds. The summed E-state index contributed by atoms with van der Waals surface area (Å²) in [5.41, 5.74) is 7.74. The number of fused-ring (bicyclic) bond motifs is 1. The predicted molar refractivity (Wildman–Crippen MR) is 97.9 cm³/mol. The monoisotopic (exact) mass is 346 g/mol. The molecule has 2 heterocycles. The number of rotatable bonds is 5. The van der Waals surface area contributed by atoms with E-state index in [1.807, 2.05) is 31.2 Å². The van der Waals surface area contributed by atoms with E-state index in [0.29, 0.717) is 11.4 Å². The zero-order valence-corrected chi connectivity index (χ0v) is 14.6. The number of nitrogens with one attached hydrogen (secondary N) is 2. The van der Waals surface area contributed by atoms with Crippen molar-refractivity contribution >= 4 is 48.9 Å². The van der Waals surface area contributed by atoms with Crippen LogP contribution in [0.4, 0.5) is 10.8 Å². The number of aromatic nitrogens is 1. The van der Waals surface area contributed by atoms with Gasteiger partial charge in [0.05, 0.1) is 9.58 Å². The number of nitrogens with two attached hydrogens (primary N) is 1. The van der Waals surface area contributed by atoms with Crippen molar-refractivity contribution < 1.29 is 4.79 Å². The third-order valence-electron chi connectivity index (χ3n) is 3.43. The molecule has 7 heteroatoms. The molecule has 0 unspecified atom stereocenters. The number of amides is 1. The quantitative estimate of drug-likeness (QED) is 0.661. The molecule has 0 aliphatic carbocycles. The molecule has 0 aliphatic heterocycles. The lowest BCUT2D eigenvalue weighted by Crippen LogP contribution is -2.37. The third-order valence-corrected chi connectivity index (χ3v) is 5.51. The maximum absolute atomic E-state index is 12.1. The molecule has 0 saturated carbocycles. The van der Waals surface area contributed by atoms with Gasteiger partial charge in [-0.25, -0.2) is 4.98 Å². The van der Waals surface area contributed by atoms with Crippen LogP contribution >= 0.6 is 22.7 Å². The lowest BCUT2D eigenvalue weighted by Gasteiger charge is -2.09. The average Bonchev–Trinajstić information content (AvgIpc) is 3.07. The molecule has 120 valence electrons. The number of nitrogens with zero attached hydrogens (tertiary/aromatic N) is 1. The number of anilines is 2. The van der Waals surface area contributed by atoms with Gasteiger partial charge in [0.15, 0.2) is 5.13 Å². The second-order valence-corrected chi connectivity index (χ2v) is 7.41. The molecule has 1 atom stereocenters. The number of para-hydroxylation sites is 1.